The molecule has 0 spiro atoms. The molecular weight excluding hydrogens is 416 g/mol. The van der Waals surface area contributed by atoms with Gasteiger partial charge in [-0.05, 0) is 79.0 Å². The maximum absolute atomic E-state index is 14.6. The van der Waals surface area contributed by atoms with E-state index in [0.29, 0.717) is 16.8 Å². The van der Waals surface area contributed by atoms with Gasteiger partial charge in [0.25, 0.3) is 0 Å². The minimum absolute atomic E-state index is 0.214. The number of thiophene rings is 1. The zero-order valence-electron chi connectivity index (χ0n) is 16.0. The van der Waals surface area contributed by atoms with E-state index in [0.717, 1.165) is 24.1 Å². The average Bonchev–Trinajstić information content (AvgIpc) is 3.41. The van der Waals surface area contributed by atoms with Crippen LogP contribution in [0.3, 0.4) is 0 Å². The van der Waals surface area contributed by atoms with Gasteiger partial charge < -0.3 is 0 Å². The van der Waals surface area contributed by atoms with Crippen molar-refractivity contribution < 1.29 is 8.78 Å². The van der Waals surface area contributed by atoms with Gasteiger partial charge in [0, 0.05) is 11.3 Å². The lowest BCUT2D eigenvalue weighted by molar-refractivity contribution is 0.578. The Morgan fingerprint density at radius 1 is 0.967 bits per heavy atom. The number of rotatable bonds is 4. The highest BCUT2D eigenvalue weighted by Gasteiger charge is 2.11. The van der Waals surface area contributed by atoms with Crippen LogP contribution in [0.25, 0.3) is 11.1 Å². The van der Waals surface area contributed by atoms with Crippen LogP contribution >= 0.6 is 23.6 Å². The van der Waals surface area contributed by atoms with Gasteiger partial charge in [0.05, 0.1) is 21.3 Å². The minimum Gasteiger partial charge on any atom is -0.205 e. The quantitative estimate of drug-likeness (QED) is 0.180. The summed E-state index contributed by atoms with van der Waals surface area (Å²) in [6, 6.07) is 13.5. The zero-order valence-corrected chi connectivity index (χ0v) is 17.7. The van der Waals surface area contributed by atoms with E-state index < -0.39 is 11.6 Å². The van der Waals surface area contributed by atoms with E-state index >= 15 is 0 Å². The van der Waals surface area contributed by atoms with Crippen LogP contribution in [0.1, 0.15) is 34.6 Å². The predicted octanol–water partition coefficient (Wildman–Crippen LogP) is 7.48. The summed E-state index contributed by atoms with van der Waals surface area (Å²) in [7, 11) is 0. The van der Waals surface area contributed by atoms with Gasteiger partial charge in [-0.1, -0.05) is 35.6 Å². The number of hydrogen-bond acceptors (Lipinski definition) is 3. The lowest BCUT2D eigenvalue weighted by Gasteiger charge is -2.05. The Labute approximate surface area is 183 Å². The molecule has 0 atom stereocenters. The first kappa shape index (κ1) is 20.4. The summed E-state index contributed by atoms with van der Waals surface area (Å²) in [5.74, 6) is 4.23. The predicted molar refractivity (Wildman–Crippen MR) is 122 cm³/mol. The highest BCUT2D eigenvalue weighted by Crippen LogP contribution is 2.27. The van der Waals surface area contributed by atoms with Crippen molar-refractivity contribution in [3.8, 4) is 23.0 Å². The maximum Gasteiger partial charge on any atom is 0.142 e. The Bertz CT molecular complexity index is 1200. The fourth-order valence-corrected chi connectivity index (χ4v) is 4.45. The van der Waals surface area contributed by atoms with Gasteiger partial charge in [-0.15, -0.1) is 11.3 Å². The molecule has 4 rings (SSSR count). The Kier molecular flexibility index (Phi) is 6.30. The van der Waals surface area contributed by atoms with Gasteiger partial charge in [-0.3, -0.25) is 0 Å². The number of aliphatic imine (C=N–C) groups is 1. The van der Waals surface area contributed by atoms with E-state index in [-0.39, 0.29) is 5.56 Å². The third-order valence-electron chi connectivity index (χ3n) is 4.93. The summed E-state index contributed by atoms with van der Waals surface area (Å²) < 4.78 is 29.2. The van der Waals surface area contributed by atoms with Gasteiger partial charge in [-0.2, -0.15) is 4.99 Å². The molecule has 5 heteroatoms. The SMILES string of the molecule is Fc1cc(-c2ccc(N=C=S)cc2)cc(F)c1C#Cc1ccc(CC2=CCCC2)s1. The summed E-state index contributed by atoms with van der Waals surface area (Å²) in [5.41, 5.74) is 3.01. The van der Waals surface area contributed by atoms with Crippen LogP contribution in [-0.4, -0.2) is 5.16 Å². The number of hydrogen-bond donors (Lipinski definition) is 0. The third kappa shape index (κ3) is 4.80. The number of nitrogens with zero attached hydrogens (tertiary/aromatic N) is 1. The van der Waals surface area contributed by atoms with Crippen LogP contribution in [0.2, 0.25) is 0 Å². The molecular formula is C25H17F2NS2. The molecule has 1 heterocycles. The molecule has 0 fully saturated rings. The molecule has 0 amide bonds. The first-order chi connectivity index (χ1) is 14.6. The Morgan fingerprint density at radius 3 is 2.40 bits per heavy atom. The molecule has 0 aliphatic heterocycles. The van der Waals surface area contributed by atoms with Crippen molar-refractivity contribution in [1.82, 2.24) is 0 Å². The van der Waals surface area contributed by atoms with Gasteiger partial charge in [0.15, 0.2) is 0 Å². The molecule has 1 aliphatic rings. The van der Waals surface area contributed by atoms with E-state index in [1.807, 2.05) is 12.1 Å². The molecule has 30 heavy (non-hydrogen) atoms. The van der Waals surface area contributed by atoms with Crippen molar-refractivity contribution >= 4 is 34.4 Å². The summed E-state index contributed by atoms with van der Waals surface area (Å²) in [6.07, 6.45) is 6.79. The molecule has 0 N–H and O–H groups in total. The smallest absolute Gasteiger partial charge is 0.142 e. The van der Waals surface area contributed by atoms with E-state index in [2.05, 4.69) is 40.3 Å². The molecule has 0 bridgehead atoms. The van der Waals surface area contributed by atoms with E-state index in [1.165, 1.54) is 29.0 Å². The first-order valence-corrected chi connectivity index (χ1v) is 10.8. The maximum atomic E-state index is 14.6. The minimum atomic E-state index is -0.675. The molecule has 0 saturated heterocycles. The topological polar surface area (TPSA) is 12.4 Å². The van der Waals surface area contributed by atoms with Crippen LogP contribution in [0.5, 0.6) is 0 Å². The van der Waals surface area contributed by atoms with Crippen molar-refractivity contribution in [3.63, 3.8) is 0 Å². The summed E-state index contributed by atoms with van der Waals surface area (Å²) in [5, 5.41) is 2.29. The Balaban J connectivity index is 1.54. The lowest BCUT2D eigenvalue weighted by Crippen LogP contribution is -1.92. The van der Waals surface area contributed by atoms with Gasteiger partial charge in [0.2, 0.25) is 0 Å². The normalized spacial score (nSPS) is 12.7. The average molecular weight is 434 g/mol. The highest BCUT2D eigenvalue weighted by atomic mass is 32.1. The van der Waals surface area contributed by atoms with E-state index in [1.54, 1.807) is 35.6 Å². The van der Waals surface area contributed by atoms with Gasteiger partial charge in [0.1, 0.15) is 11.6 Å². The van der Waals surface area contributed by atoms with E-state index in [9.17, 15) is 8.78 Å². The summed E-state index contributed by atoms with van der Waals surface area (Å²) >= 11 is 6.15. The van der Waals surface area contributed by atoms with Crippen molar-refractivity contribution in [3.05, 3.63) is 87.1 Å². The lowest BCUT2D eigenvalue weighted by atomic mass is 10.0. The summed E-state index contributed by atoms with van der Waals surface area (Å²) in [6.45, 7) is 0. The number of isothiocyanates is 1. The molecule has 1 aliphatic carbocycles. The summed E-state index contributed by atoms with van der Waals surface area (Å²) in [4.78, 5) is 5.90. The van der Waals surface area contributed by atoms with Crippen molar-refractivity contribution in [1.29, 1.82) is 0 Å². The van der Waals surface area contributed by atoms with Gasteiger partial charge in [-0.25, -0.2) is 8.78 Å². The molecule has 2 aromatic carbocycles. The molecule has 3 aromatic rings. The van der Waals surface area contributed by atoms with Crippen LogP contribution in [-0.2, 0) is 6.42 Å². The van der Waals surface area contributed by atoms with Crippen molar-refractivity contribution in [2.45, 2.75) is 25.7 Å². The first-order valence-electron chi connectivity index (χ1n) is 9.58. The molecule has 1 nitrogen and oxygen atoms in total. The molecule has 148 valence electrons. The fraction of sp³-hybridized carbons (Fsp3) is 0.160. The monoisotopic (exact) mass is 433 g/mol. The van der Waals surface area contributed by atoms with Crippen LogP contribution in [0.4, 0.5) is 14.5 Å². The van der Waals surface area contributed by atoms with E-state index in [4.69, 9.17) is 0 Å². The molecule has 0 radical (unpaired) electrons. The standard InChI is InChI=1S/C25H17F2NS2/c26-24-14-19(18-5-7-20(8-6-18)28-16-29)15-25(27)23(24)12-11-21-9-10-22(30-21)13-17-3-1-2-4-17/h3,5-10,14-15H,1-2,4,13H2. The Hall–Kier alpha value is -2.90. The molecule has 1 aromatic heterocycles. The molecule has 0 unspecified atom stereocenters. The number of benzene rings is 2. The number of thiocarbonyl (C=S) groups is 1. The van der Waals surface area contributed by atoms with Crippen LogP contribution < -0.4 is 0 Å². The van der Waals surface area contributed by atoms with Crippen molar-refractivity contribution in [2.24, 2.45) is 4.99 Å². The van der Waals surface area contributed by atoms with Gasteiger partial charge >= 0.3 is 0 Å². The fourth-order valence-electron chi connectivity index (χ4n) is 3.43. The highest BCUT2D eigenvalue weighted by molar-refractivity contribution is 7.78. The van der Waals surface area contributed by atoms with Crippen LogP contribution in [0, 0.1) is 23.5 Å². The second-order valence-corrected chi connectivity index (χ2v) is 8.36. The third-order valence-corrected chi connectivity index (χ3v) is 6.02. The number of allylic oxidation sites excluding steroid dienone is 2. The Morgan fingerprint density at radius 2 is 1.73 bits per heavy atom. The largest absolute Gasteiger partial charge is 0.205 e. The molecule has 0 saturated carbocycles. The second kappa shape index (κ2) is 9.28. The van der Waals surface area contributed by atoms with Crippen LogP contribution in [0.15, 0.2) is 65.2 Å². The number of halogens is 2. The zero-order chi connectivity index (χ0) is 20.9. The van der Waals surface area contributed by atoms with Crippen molar-refractivity contribution in [2.75, 3.05) is 0 Å². The second-order valence-electron chi connectivity index (χ2n) is 7.01.